The molecule has 4 rings (SSSR count). The number of benzene rings is 2. The average molecular weight is 402 g/mol. The van der Waals surface area contributed by atoms with Crippen molar-refractivity contribution in [1.29, 1.82) is 0 Å². The van der Waals surface area contributed by atoms with Crippen LogP contribution in [0, 0.1) is 13.8 Å². The summed E-state index contributed by atoms with van der Waals surface area (Å²) in [7, 11) is 0. The Morgan fingerprint density at radius 2 is 1.21 bits per heavy atom. The van der Waals surface area contributed by atoms with Crippen molar-refractivity contribution >= 4 is 46.6 Å². The van der Waals surface area contributed by atoms with Crippen molar-refractivity contribution in [3.63, 3.8) is 0 Å². The molecule has 6 heteroatoms. The largest absolute Gasteiger partial charge is 0.343 e. The van der Waals surface area contributed by atoms with Gasteiger partial charge in [-0.15, -0.1) is 0 Å². The third-order valence-electron chi connectivity index (χ3n) is 4.69. The molecule has 1 aliphatic heterocycles. The maximum absolute atomic E-state index is 13.3. The molecule has 144 valence electrons. The van der Waals surface area contributed by atoms with E-state index in [9.17, 15) is 14.4 Å². The number of nitrogens with zero attached hydrogens (tertiary/aromatic N) is 2. The average Bonchev–Trinajstić information content (AvgIpc) is 3.21. The molecule has 0 atom stereocenters. The number of imide groups is 2. The fraction of sp³-hybridized carbons (Fsp3) is 0.0870. The first-order valence-corrected chi connectivity index (χ1v) is 10.00. The zero-order chi connectivity index (χ0) is 20.5. The van der Waals surface area contributed by atoms with E-state index >= 15 is 0 Å². The van der Waals surface area contributed by atoms with Crippen molar-refractivity contribution in [2.45, 2.75) is 13.8 Å². The monoisotopic (exact) mass is 402 g/mol. The van der Waals surface area contributed by atoms with E-state index < -0.39 is 17.8 Å². The summed E-state index contributed by atoms with van der Waals surface area (Å²) in [6.07, 6.45) is 1.54. The summed E-state index contributed by atoms with van der Waals surface area (Å²) in [5, 5.41) is 3.71. The van der Waals surface area contributed by atoms with Crippen molar-refractivity contribution in [2.24, 2.45) is 0 Å². The van der Waals surface area contributed by atoms with Gasteiger partial charge in [0.1, 0.15) is 5.57 Å². The number of amides is 4. The van der Waals surface area contributed by atoms with E-state index in [1.54, 1.807) is 24.3 Å². The van der Waals surface area contributed by atoms with E-state index in [1.165, 1.54) is 17.4 Å². The second kappa shape index (κ2) is 7.48. The van der Waals surface area contributed by atoms with Crippen molar-refractivity contribution in [2.75, 3.05) is 9.80 Å². The molecule has 29 heavy (non-hydrogen) atoms. The summed E-state index contributed by atoms with van der Waals surface area (Å²) < 4.78 is 0. The van der Waals surface area contributed by atoms with E-state index in [0.29, 0.717) is 11.4 Å². The lowest BCUT2D eigenvalue weighted by Gasteiger charge is -2.34. The van der Waals surface area contributed by atoms with Gasteiger partial charge in [0.2, 0.25) is 0 Å². The van der Waals surface area contributed by atoms with Crippen LogP contribution >= 0.6 is 11.3 Å². The molecule has 1 fully saturated rings. The van der Waals surface area contributed by atoms with Gasteiger partial charge in [0, 0.05) is 0 Å². The molecular weight excluding hydrogens is 384 g/mol. The minimum atomic E-state index is -0.685. The van der Waals surface area contributed by atoms with Crippen molar-refractivity contribution in [3.05, 3.63) is 87.6 Å². The maximum Gasteiger partial charge on any atom is 0.343 e. The second-order valence-corrected chi connectivity index (χ2v) is 7.63. The summed E-state index contributed by atoms with van der Waals surface area (Å²) in [5.74, 6) is -1.25. The topological polar surface area (TPSA) is 57.7 Å². The van der Waals surface area contributed by atoms with Crippen LogP contribution < -0.4 is 9.80 Å². The van der Waals surface area contributed by atoms with E-state index in [2.05, 4.69) is 0 Å². The lowest BCUT2D eigenvalue weighted by molar-refractivity contribution is -0.121. The molecule has 2 heterocycles. The molecular formula is C23H18N2O3S. The van der Waals surface area contributed by atoms with Crippen molar-refractivity contribution in [3.8, 4) is 0 Å². The van der Waals surface area contributed by atoms with Gasteiger partial charge in [-0.25, -0.2) is 14.6 Å². The molecule has 2 aromatic carbocycles. The van der Waals surface area contributed by atoms with Gasteiger partial charge in [-0.1, -0.05) is 35.4 Å². The zero-order valence-corrected chi connectivity index (χ0v) is 16.8. The molecule has 3 aromatic rings. The van der Waals surface area contributed by atoms with Crippen LogP contribution in [0.5, 0.6) is 0 Å². The number of rotatable bonds is 3. The summed E-state index contributed by atoms with van der Waals surface area (Å²) in [4.78, 5) is 41.7. The van der Waals surface area contributed by atoms with Crippen molar-refractivity contribution in [1.82, 2.24) is 0 Å². The summed E-state index contributed by atoms with van der Waals surface area (Å²) in [5.41, 5.74) is 3.55. The predicted octanol–water partition coefficient (Wildman–Crippen LogP) is 4.95. The minimum absolute atomic E-state index is 0.0517. The smallest absolute Gasteiger partial charge is 0.268 e. The highest BCUT2D eigenvalue weighted by molar-refractivity contribution is 7.08. The first kappa shape index (κ1) is 18.8. The Morgan fingerprint density at radius 1 is 0.724 bits per heavy atom. The zero-order valence-electron chi connectivity index (χ0n) is 16.0. The highest BCUT2D eigenvalue weighted by Gasteiger charge is 2.43. The molecule has 0 unspecified atom stereocenters. The Kier molecular flexibility index (Phi) is 4.86. The third-order valence-corrected chi connectivity index (χ3v) is 5.39. The maximum atomic E-state index is 13.3. The van der Waals surface area contributed by atoms with Gasteiger partial charge >= 0.3 is 6.03 Å². The van der Waals surface area contributed by atoms with E-state index in [-0.39, 0.29) is 5.57 Å². The molecule has 5 nitrogen and oxygen atoms in total. The molecule has 0 spiro atoms. The fourth-order valence-corrected chi connectivity index (χ4v) is 3.71. The van der Waals surface area contributed by atoms with Gasteiger partial charge in [0.25, 0.3) is 11.8 Å². The first-order valence-electron chi connectivity index (χ1n) is 9.06. The number of anilines is 2. The summed E-state index contributed by atoms with van der Waals surface area (Å²) in [6.45, 7) is 3.85. The van der Waals surface area contributed by atoms with Crippen LogP contribution in [0.25, 0.3) is 6.08 Å². The highest BCUT2D eigenvalue weighted by Crippen LogP contribution is 2.30. The Bertz CT molecular complexity index is 1040. The Balaban J connectivity index is 1.86. The van der Waals surface area contributed by atoms with Gasteiger partial charge in [-0.3, -0.25) is 9.59 Å². The quantitative estimate of drug-likeness (QED) is 0.460. The SMILES string of the molecule is Cc1ccc(N2C(=O)C(=Cc3ccsc3)C(=O)N(c3ccc(C)cc3)C2=O)cc1. The van der Waals surface area contributed by atoms with Crippen LogP contribution in [0.2, 0.25) is 0 Å². The Hall–Kier alpha value is -3.51. The van der Waals surface area contributed by atoms with Crippen LogP contribution in [0.1, 0.15) is 16.7 Å². The molecule has 0 N–H and O–H groups in total. The van der Waals surface area contributed by atoms with Crippen LogP contribution in [0.15, 0.2) is 70.9 Å². The first-order chi connectivity index (χ1) is 14.0. The van der Waals surface area contributed by atoms with Gasteiger partial charge < -0.3 is 0 Å². The van der Waals surface area contributed by atoms with Crippen LogP contribution in [0.3, 0.4) is 0 Å². The second-order valence-electron chi connectivity index (χ2n) is 6.85. The number of hydrogen-bond acceptors (Lipinski definition) is 4. The number of barbiturate groups is 1. The van der Waals surface area contributed by atoms with Crippen molar-refractivity contribution < 1.29 is 14.4 Å². The number of carbonyl (C=O) groups excluding carboxylic acids is 3. The minimum Gasteiger partial charge on any atom is -0.268 e. The number of thiophene rings is 1. The number of aryl methyl sites for hydroxylation is 2. The lowest BCUT2D eigenvalue weighted by Crippen LogP contribution is -2.57. The van der Waals surface area contributed by atoms with E-state index in [1.807, 2.05) is 54.9 Å². The molecule has 1 aromatic heterocycles. The fourth-order valence-electron chi connectivity index (χ4n) is 3.10. The van der Waals surface area contributed by atoms with Gasteiger partial charge in [0.15, 0.2) is 0 Å². The van der Waals surface area contributed by atoms with E-state index in [0.717, 1.165) is 26.5 Å². The lowest BCUT2D eigenvalue weighted by atomic mass is 10.1. The van der Waals surface area contributed by atoms with E-state index in [4.69, 9.17) is 0 Å². The van der Waals surface area contributed by atoms with Crippen LogP contribution in [0.4, 0.5) is 16.2 Å². The molecule has 1 saturated heterocycles. The number of urea groups is 1. The highest BCUT2D eigenvalue weighted by atomic mass is 32.1. The Labute approximate surface area is 172 Å². The summed E-state index contributed by atoms with van der Waals surface area (Å²) in [6, 6.07) is 15.3. The van der Waals surface area contributed by atoms with Gasteiger partial charge in [0.05, 0.1) is 11.4 Å². The third kappa shape index (κ3) is 3.50. The Morgan fingerprint density at radius 3 is 1.62 bits per heavy atom. The summed E-state index contributed by atoms with van der Waals surface area (Å²) >= 11 is 1.47. The number of carbonyl (C=O) groups is 3. The molecule has 4 amide bonds. The van der Waals surface area contributed by atoms with Crippen LogP contribution in [-0.2, 0) is 9.59 Å². The molecule has 0 saturated carbocycles. The molecule has 0 aliphatic carbocycles. The van der Waals surface area contributed by atoms with Gasteiger partial charge in [-0.05, 0) is 66.6 Å². The predicted molar refractivity (Wildman–Crippen MR) is 115 cm³/mol. The van der Waals surface area contributed by atoms with Gasteiger partial charge in [-0.2, -0.15) is 11.3 Å². The normalized spacial score (nSPS) is 14.6. The molecule has 0 bridgehead atoms. The van der Waals surface area contributed by atoms with Crippen LogP contribution in [-0.4, -0.2) is 17.8 Å². The number of hydrogen-bond donors (Lipinski definition) is 0. The standard InChI is InChI=1S/C23H18N2O3S/c1-15-3-7-18(8-4-15)24-21(26)20(13-17-11-12-29-14-17)22(27)25(23(24)28)19-9-5-16(2)6-10-19/h3-14H,1-2H3. The molecule has 1 aliphatic rings. The molecule has 0 radical (unpaired) electrons.